The molecule has 15 heavy (non-hydrogen) atoms. The number of nitrogen functional groups attached to an aromatic ring is 1. The summed E-state index contributed by atoms with van der Waals surface area (Å²) in [6.45, 7) is 0. The lowest BCUT2D eigenvalue weighted by atomic mass is 10.0. The highest BCUT2D eigenvalue weighted by atomic mass is 16.1. The van der Waals surface area contributed by atoms with Crippen molar-refractivity contribution < 1.29 is 4.79 Å². The van der Waals surface area contributed by atoms with E-state index in [1.807, 2.05) is 24.3 Å². The molecule has 0 aliphatic heterocycles. The molecule has 0 atom stereocenters. The summed E-state index contributed by atoms with van der Waals surface area (Å²) in [7, 11) is 0. The molecule has 2 N–H and O–H groups in total. The van der Waals surface area contributed by atoms with Crippen LogP contribution in [0.25, 0.3) is 0 Å². The molecule has 2 heteroatoms. The van der Waals surface area contributed by atoms with Crippen molar-refractivity contribution in [2.24, 2.45) is 5.92 Å². The molecule has 2 nitrogen and oxygen atoms in total. The Morgan fingerprint density at radius 3 is 2.53 bits per heavy atom. The molecule has 0 saturated heterocycles. The van der Waals surface area contributed by atoms with E-state index in [4.69, 9.17) is 5.73 Å². The lowest BCUT2D eigenvalue weighted by Crippen LogP contribution is -2.01. The lowest BCUT2D eigenvalue weighted by molar-refractivity contribution is -0.119. The van der Waals surface area contributed by atoms with Gasteiger partial charge in [0.25, 0.3) is 0 Å². The number of rotatable bonds is 5. The third-order valence-electron chi connectivity index (χ3n) is 2.89. The maximum absolute atomic E-state index is 11.5. The second kappa shape index (κ2) is 4.47. The van der Waals surface area contributed by atoms with Gasteiger partial charge in [0.15, 0.2) is 0 Å². The summed E-state index contributed by atoms with van der Waals surface area (Å²) in [5, 5.41) is 0. The van der Waals surface area contributed by atoms with Crippen molar-refractivity contribution in [3.63, 3.8) is 0 Å². The molecule has 0 bridgehead atoms. The third kappa shape index (κ3) is 3.39. The quantitative estimate of drug-likeness (QED) is 0.747. The molecule has 0 radical (unpaired) electrons. The minimum atomic E-state index is 0.411. The number of nitrogens with two attached hydrogens (primary N) is 1. The Morgan fingerprint density at radius 1 is 1.27 bits per heavy atom. The number of hydrogen-bond donors (Lipinski definition) is 1. The average Bonchev–Trinajstić information content (AvgIpc) is 3.01. The fraction of sp³-hybridized carbons (Fsp3) is 0.462. The number of benzene rings is 1. The smallest absolute Gasteiger partial charge is 0.133 e. The van der Waals surface area contributed by atoms with E-state index in [0.29, 0.717) is 18.1 Å². The first-order valence-corrected chi connectivity index (χ1v) is 5.60. The summed E-state index contributed by atoms with van der Waals surface area (Å²) in [5.74, 6) is 1.12. The van der Waals surface area contributed by atoms with Gasteiger partial charge in [-0.15, -0.1) is 0 Å². The van der Waals surface area contributed by atoms with Crippen LogP contribution < -0.4 is 5.73 Å². The van der Waals surface area contributed by atoms with Gasteiger partial charge in [0.05, 0.1) is 0 Å². The maximum Gasteiger partial charge on any atom is 0.133 e. The zero-order chi connectivity index (χ0) is 10.7. The summed E-state index contributed by atoms with van der Waals surface area (Å²) in [6.07, 6.45) is 4.85. The lowest BCUT2D eigenvalue weighted by Gasteiger charge is -2.01. The van der Waals surface area contributed by atoms with Gasteiger partial charge in [-0.3, -0.25) is 4.79 Å². The first-order chi connectivity index (χ1) is 7.24. The zero-order valence-electron chi connectivity index (χ0n) is 8.91. The minimum Gasteiger partial charge on any atom is -0.399 e. The molecule has 1 aliphatic rings. The first kappa shape index (κ1) is 10.2. The number of carbonyl (C=O) groups excluding carboxylic acids is 1. The van der Waals surface area contributed by atoms with Crippen molar-refractivity contribution in [3.05, 3.63) is 29.8 Å². The molecule has 1 saturated carbocycles. The molecule has 0 amide bonds. The molecule has 80 valence electrons. The van der Waals surface area contributed by atoms with Gasteiger partial charge in [-0.05, 0) is 42.9 Å². The number of Topliss-reactive ketones (excluding diaryl/α,β-unsaturated/α-hetero) is 1. The van der Waals surface area contributed by atoms with Gasteiger partial charge >= 0.3 is 0 Å². The van der Waals surface area contributed by atoms with Crippen LogP contribution in [-0.2, 0) is 11.2 Å². The SMILES string of the molecule is Nc1ccc(CCC(=O)CC2CC2)cc1. The Morgan fingerprint density at radius 2 is 1.93 bits per heavy atom. The normalized spacial score (nSPS) is 15.2. The fourth-order valence-corrected chi connectivity index (χ4v) is 1.71. The predicted molar refractivity (Wildman–Crippen MR) is 61.5 cm³/mol. The third-order valence-corrected chi connectivity index (χ3v) is 2.89. The fourth-order valence-electron chi connectivity index (χ4n) is 1.71. The number of aryl methyl sites for hydroxylation is 1. The van der Waals surface area contributed by atoms with Gasteiger partial charge in [-0.25, -0.2) is 0 Å². The van der Waals surface area contributed by atoms with Gasteiger partial charge < -0.3 is 5.73 Å². The minimum absolute atomic E-state index is 0.411. The monoisotopic (exact) mass is 203 g/mol. The van der Waals surface area contributed by atoms with Crippen LogP contribution in [0.4, 0.5) is 5.69 Å². The summed E-state index contributed by atoms with van der Waals surface area (Å²) >= 11 is 0. The molecule has 1 aromatic carbocycles. The summed E-state index contributed by atoms with van der Waals surface area (Å²) in [5.41, 5.74) is 7.57. The van der Waals surface area contributed by atoms with E-state index in [1.165, 1.54) is 18.4 Å². The van der Waals surface area contributed by atoms with Crippen molar-refractivity contribution in [3.8, 4) is 0 Å². The highest BCUT2D eigenvalue weighted by Gasteiger charge is 2.23. The van der Waals surface area contributed by atoms with E-state index >= 15 is 0 Å². The number of anilines is 1. The average molecular weight is 203 g/mol. The molecule has 0 heterocycles. The van der Waals surface area contributed by atoms with E-state index in [9.17, 15) is 4.79 Å². The molecule has 2 rings (SSSR count). The standard InChI is InChI=1S/C13H17NO/c14-12-6-3-10(4-7-12)5-8-13(15)9-11-1-2-11/h3-4,6-7,11H,1-2,5,8-9,14H2. The predicted octanol–water partition coefficient (Wildman–Crippen LogP) is 2.57. The largest absolute Gasteiger partial charge is 0.399 e. The highest BCUT2D eigenvalue weighted by Crippen LogP contribution is 2.32. The van der Waals surface area contributed by atoms with Crippen molar-refractivity contribution in [1.82, 2.24) is 0 Å². The van der Waals surface area contributed by atoms with E-state index in [2.05, 4.69) is 0 Å². The Kier molecular flexibility index (Phi) is 3.05. The Labute approximate surface area is 90.5 Å². The van der Waals surface area contributed by atoms with Crippen molar-refractivity contribution in [2.75, 3.05) is 5.73 Å². The van der Waals surface area contributed by atoms with Crippen LogP contribution in [0.15, 0.2) is 24.3 Å². The first-order valence-electron chi connectivity index (χ1n) is 5.60. The second-order valence-corrected chi connectivity index (χ2v) is 4.43. The van der Waals surface area contributed by atoms with Crippen LogP contribution in [0, 0.1) is 5.92 Å². The molecule has 0 spiro atoms. The van der Waals surface area contributed by atoms with Crippen LogP contribution in [0.1, 0.15) is 31.2 Å². The molecule has 1 fully saturated rings. The van der Waals surface area contributed by atoms with E-state index < -0.39 is 0 Å². The topological polar surface area (TPSA) is 43.1 Å². The summed E-state index contributed by atoms with van der Waals surface area (Å²) in [6, 6.07) is 7.78. The number of ketones is 1. The number of hydrogen-bond acceptors (Lipinski definition) is 2. The van der Waals surface area contributed by atoms with Crippen molar-refractivity contribution in [2.45, 2.75) is 32.1 Å². The van der Waals surface area contributed by atoms with Crippen LogP contribution in [0.2, 0.25) is 0 Å². The second-order valence-electron chi connectivity index (χ2n) is 4.43. The van der Waals surface area contributed by atoms with Gasteiger partial charge in [-0.2, -0.15) is 0 Å². The Hall–Kier alpha value is -1.31. The van der Waals surface area contributed by atoms with Crippen LogP contribution >= 0.6 is 0 Å². The zero-order valence-corrected chi connectivity index (χ0v) is 8.91. The Balaban J connectivity index is 1.76. The van der Waals surface area contributed by atoms with Gasteiger partial charge in [-0.1, -0.05) is 12.1 Å². The van der Waals surface area contributed by atoms with Crippen LogP contribution in [-0.4, -0.2) is 5.78 Å². The Bertz CT molecular complexity index is 338. The summed E-state index contributed by atoms with van der Waals surface area (Å²) in [4.78, 5) is 11.5. The van der Waals surface area contributed by atoms with Crippen LogP contribution in [0.5, 0.6) is 0 Å². The maximum atomic E-state index is 11.5. The molecule has 1 aliphatic carbocycles. The van der Waals surface area contributed by atoms with Crippen LogP contribution in [0.3, 0.4) is 0 Å². The number of carbonyl (C=O) groups is 1. The molecular weight excluding hydrogens is 186 g/mol. The summed E-state index contributed by atoms with van der Waals surface area (Å²) < 4.78 is 0. The van der Waals surface area contributed by atoms with E-state index in [-0.39, 0.29) is 0 Å². The van der Waals surface area contributed by atoms with Gasteiger partial charge in [0.2, 0.25) is 0 Å². The van der Waals surface area contributed by atoms with E-state index in [1.54, 1.807) is 0 Å². The van der Waals surface area contributed by atoms with Crippen molar-refractivity contribution >= 4 is 11.5 Å². The molecule has 0 aromatic heterocycles. The van der Waals surface area contributed by atoms with Crippen molar-refractivity contribution in [1.29, 1.82) is 0 Å². The van der Waals surface area contributed by atoms with Gasteiger partial charge in [0, 0.05) is 18.5 Å². The molecule has 1 aromatic rings. The molecule has 0 unspecified atom stereocenters. The molecular formula is C13H17NO. The highest BCUT2D eigenvalue weighted by molar-refractivity contribution is 5.79. The van der Waals surface area contributed by atoms with E-state index in [0.717, 1.165) is 18.5 Å². The van der Waals surface area contributed by atoms with Gasteiger partial charge in [0.1, 0.15) is 5.78 Å².